The quantitative estimate of drug-likeness (QED) is 0.726. The number of fused-ring (bicyclic) bond motifs is 1. The predicted molar refractivity (Wildman–Crippen MR) is 107 cm³/mol. The number of nitrogens with one attached hydrogen (secondary N) is 1. The summed E-state index contributed by atoms with van der Waals surface area (Å²) in [4.78, 5) is 11.4. The molecule has 138 valence electrons. The summed E-state index contributed by atoms with van der Waals surface area (Å²) in [6.07, 6.45) is 11.7. The lowest BCUT2D eigenvalue weighted by Crippen LogP contribution is -2.36. The van der Waals surface area contributed by atoms with Crippen molar-refractivity contribution in [2.45, 2.75) is 38.4 Å². The molecule has 0 aromatic carbocycles. The molecule has 5 rings (SSSR count). The molecule has 3 aromatic rings. The number of nitrogens with zero attached hydrogens (tertiary/aromatic N) is 4. The van der Waals surface area contributed by atoms with Gasteiger partial charge in [0.15, 0.2) is 5.65 Å². The van der Waals surface area contributed by atoms with Crippen molar-refractivity contribution in [1.82, 2.24) is 24.6 Å². The third-order valence-electron chi connectivity index (χ3n) is 5.91. The Morgan fingerprint density at radius 2 is 2.15 bits per heavy atom. The molecule has 1 spiro atoms. The monoisotopic (exact) mass is 389 g/mol. The lowest BCUT2D eigenvalue weighted by atomic mass is 9.93. The van der Waals surface area contributed by atoms with E-state index in [9.17, 15) is 0 Å². The van der Waals surface area contributed by atoms with Gasteiger partial charge >= 0.3 is 0 Å². The minimum atomic E-state index is 0. The van der Waals surface area contributed by atoms with E-state index in [1.807, 2.05) is 24.8 Å². The van der Waals surface area contributed by atoms with Crippen LogP contribution in [0.1, 0.15) is 30.5 Å². The fraction of sp³-hybridized carbons (Fsp3) is 0.474. The summed E-state index contributed by atoms with van der Waals surface area (Å²) in [5.41, 5.74) is 4.16. The highest BCUT2D eigenvalue weighted by atomic mass is 35.5. The van der Waals surface area contributed by atoms with Gasteiger partial charge in [0.2, 0.25) is 0 Å². The largest absolute Gasteiger partial charge is 0.317 e. The van der Waals surface area contributed by atoms with Gasteiger partial charge in [0, 0.05) is 31.5 Å². The Bertz CT molecular complexity index is 856. The summed E-state index contributed by atoms with van der Waals surface area (Å²) in [6, 6.07) is 2.95. The van der Waals surface area contributed by atoms with E-state index in [0.717, 1.165) is 18.7 Å². The van der Waals surface area contributed by atoms with Gasteiger partial charge in [0.05, 0.1) is 18.1 Å². The van der Waals surface area contributed by atoms with Crippen molar-refractivity contribution >= 4 is 29.4 Å². The van der Waals surface area contributed by atoms with E-state index >= 15 is 0 Å². The van der Waals surface area contributed by atoms with E-state index in [4.69, 9.17) is 0 Å². The van der Waals surface area contributed by atoms with Gasteiger partial charge in [-0.3, -0.25) is 14.3 Å². The number of piperidine rings is 1. The Hall–Kier alpha value is -1.47. The molecular weight excluding hydrogens is 366 g/mol. The zero-order valence-electron chi connectivity index (χ0n) is 14.7. The highest BCUT2D eigenvalue weighted by molar-refractivity contribution is 7.07. The van der Waals surface area contributed by atoms with E-state index < -0.39 is 0 Å². The Morgan fingerprint density at radius 3 is 2.96 bits per heavy atom. The molecule has 2 fully saturated rings. The maximum Gasteiger partial charge on any atom is 0.155 e. The van der Waals surface area contributed by atoms with Gasteiger partial charge in [-0.2, -0.15) is 11.3 Å². The average Bonchev–Trinajstić information content (AvgIpc) is 3.03. The molecule has 1 unspecified atom stereocenters. The fourth-order valence-corrected chi connectivity index (χ4v) is 5.08. The van der Waals surface area contributed by atoms with Crippen LogP contribution >= 0.6 is 23.7 Å². The normalized spacial score (nSPS) is 21.2. The number of hydrogen-bond donors (Lipinski definition) is 1. The molecule has 1 N–H and O–H groups in total. The minimum absolute atomic E-state index is 0. The molecule has 26 heavy (non-hydrogen) atoms. The van der Waals surface area contributed by atoms with Crippen LogP contribution in [0.3, 0.4) is 0 Å². The van der Waals surface area contributed by atoms with Gasteiger partial charge in [0.25, 0.3) is 0 Å². The van der Waals surface area contributed by atoms with Crippen LogP contribution in [0.15, 0.2) is 41.6 Å². The molecule has 0 bridgehead atoms. The molecule has 1 saturated heterocycles. The van der Waals surface area contributed by atoms with Crippen LogP contribution in [0.5, 0.6) is 0 Å². The minimum Gasteiger partial charge on any atom is -0.317 e. The van der Waals surface area contributed by atoms with E-state index in [1.54, 1.807) is 11.3 Å². The summed E-state index contributed by atoms with van der Waals surface area (Å²) in [5.74, 6) is 0. The van der Waals surface area contributed by atoms with Gasteiger partial charge in [-0.05, 0) is 60.2 Å². The molecule has 0 radical (unpaired) electrons. The zero-order chi connectivity index (χ0) is 16.7. The maximum atomic E-state index is 4.52. The summed E-state index contributed by atoms with van der Waals surface area (Å²) in [5, 5.41) is 7.98. The fourth-order valence-electron chi connectivity index (χ4n) is 4.42. The Labute approximate surface area is 163 Å². The molecule has 3 aromatic heterocycles. The first-order valence-electron chi connectivity index (χ1n) is 9.06. The SMILES string of the molecule is Cl.c1cn2c(CN(Cc3ccsc3)C3CC34CCNCC4)cnc2cn1. The first-order chi connectivity index (χ1) is 12.3. The van der Waals surface area contributed by atoms with E-state index in [1.165, 1.54) is 43.6 Å². The smallest absolute Gasteiger partial charge is 0.155 e. The van der Waals surface area contributed by atoms with Crippen LogP contribution in [-0.2, 0) is 13.1 Å². The Balaban J connectivity index is 0.00000168. The molecule has 0 amide bonds. The number of rotatable bonds is 5. The van der Waals surface area contributed by atoms with Crippen molar-refractivity contribution in [3.05, 3.63) is 52.9 Å². The maximum absolute atomic E-state index is 4.52. The van der Waals surface area contributed by atoms with Crippen molar-refractivity contribution in [2.24, 2.45) is 5.41 Å². The summed E-state index contributed by atoms with van der Waals surface area (Å²) in [6.45, 7) is 4.32. The number of hydrogen-bond acceptors (Lipinski definition) is 5. The van der Waals surface area contributed by atoms with Crippen molar-refractivity contribution in [2.75, 3.05) is 13.1 Å². The molecule has 1 saturated carbocycles. The van der Waals surface area contributed by atoms with Crippen LogP contribution in [0.2, 0.25) is 0 Å². The second kappa shape index (κ2) is 7.27. The molecule has 1 aliphatic carbocycles. The number of imidazole rings is 1. The topological polar surface area (TPSA) is 45.5 Å². The van der Waals surface area contributed by atoms with E-state index in [0.29, 0.717) is 11.5 Å². The Kier molecular flexibility index (Phi) is 5.01. The number of aromatic nitrogens is 3. The second-order valence-electron chi connectivity index (χ2n) is 7.42. The molecule has 1 atom stereocenters. The van der Waals surface area contributed by atoms with Crippen molar-refractivity contribution < 1.29 is 0 Å². The standard InChI is InChI=1S/C19H23N5S.ClH/c1-8-25-14-15(1)12-23(17-9-19(17)2-4-20-5-3-19)13-16-10-22-18-11-21-6-7-24(16)18;/h1,6-8,10-11,14,17,20H,2-5,9,12-13H2;1H. The van der Waals surface area contributed by atoms with Crippen LogP contribution in [-0.4, -0.2) is 38.4 Å². The lowest BCUT2D eigenvalue weighted by molar-refractivity contribution is 0.186. The highest BCUT2D eigenvalue weighted by Crippen LogP contribution is 2.56. The van der Waals surface area contributed by atoms with Crippen LogP contribution < -0.4 is 5.32 Å². The third kappa shape index (κ3) is 3.27. The van der Waals surface area contributed by atoms with E-state index in [-0.39, 0.29) is 12.4 Å². The summed E-state index contributed by atoms with van der Waals surface area (Å²) in [7, 11) is 0. The van der Waals surface area contributed by atoms with E-state index in [2.05, 4.69) is 41.4 Å². The van der Waals surface area contributed by atoms with Crippen molar-refractivity contribution in [1.29, 1.82) is 0 Å². The lowest BCUT2D eigenvalue weighted by Gasteiger charge is -2.29. The van der Waals surface area contributed by atoms with Crippen LogP contribution in [0, 0.1) is 5.41 Å². The predicted octanol–water partition coefficient (Wildman–Crippen LogP) is 3.36. The zero-order valence-corrected chi connectivity index (χ0v) is 16.3. The van der Waals surface area contributed by atoms with Gasteiger partial charge in [-0.15, -0.1) is 12.4 Å². The number of halogens is 1. The van der Waals surface area contributed by atoms with Gasteiger partial charge in [-0.1, -0.05) is 0 Å². The first-order valence-corrected chi connectivity index (χ1v) is 10.0. The van der Waals surface area contributed by atoms with Crippen LogP contribution in [0.25, 0.3) is 5.65 Å². The second-order valence-corrected chi connectivity index (χ2v) is 8.20. The molecule has 5 nitrogen and oxygen atoms in total. The summed E-state index contributed by atoms with van der Waals surface area (Å²) < 4.78 is 2.17. The molecule has 7 heteroatoms. The van der Waals surface area contributed by atoms with Crippen LogP contribution in [0.4, 0.5) is 0 Å². The average molecular weight is 390 g/mol. The molecule has 1 aliphatic heterocycles. The Morgan fingerprint density at radius 1 is 1.27 bits per heavy atom. The van der Waals surface area contributed by atoms with Crippen molar-refractivity contribution in [3.63, 3.8) is 0 Å². The van der Waals surface area contributed by atoms with Gasteiger partial charge in [-0.25, -0.2) is 4.98 Å². The highest BCUT2D eigenvalue weighted by Gasteiger charge is 2.56. The summed E-state index contributed by atoms with van der Waals surface area (Å²) >= 11 is 1.79. The molecule has 2 aliphatic rings. The molecule has 4 heterocycles. The third-order valence-corrected chi connectivity index (χ3v) is 6.64. The van der Waals surface area contributed by atoms with Crippen molar-refractivity contribution in [3.8, 4) is 0 Å². The number of thiophene rings is 1. The van der Waals surface area contributed by atoms with Gasteiger partial charge < -0.3 is 5.32 Å². The first kappa shape index (κ1) is 17.9. The molecular formula is C19H24ClN5S. The van der Waals surface area contributed by atoms with Gasteiger partial charge in [0.1, 0.15) is 0 Å².